The highest BCUT2D eigenvalue weighted by atomic mass is 19.1. The van der Waals surface area contributed by atoms with Gasteiger partial charge in [-0.1, -0.05) is 24.3 Å². The van der Waals surface area contributed by atoms with Crippen molar-refractivity contribution < 1.29 is 13.9 Å². The minimum Gasteiger partial charge on any atom is -0.466 e. The molecular formula is C15H22FNO2. The van der Waals surface area contributed by atoms with E-state index in [2.05, 4.69) is 11.9 Å². The predicted molar refractivity (Wildman–Crippen MR) is 74.2 cm³/mol. The number of allylic oxidation sites excluding steroid dienone is 5. The number of ether oxygens (including phenoxy) is 1. The fourth-order valence-corrected chi connectivity index (χ4v) is 2.23. The Labute approximate surface area is 114 Å². The molecule has 1 heterocycles. The number of carbonyl (C=O) groups is 1. The van der Waals surface area contributed by atoms with Crippen molar-refractivity contribution in [3.05, 3.63) is 36.2 Å². The number of halogens is 1. The van der Waals surface area contributed by atoms with E-state index in [4.69, 9.17) is 4.74 Å². The van der Waals surface area contributed by atoms with E-state index < -0.39 is 0 Å². The van der Waals surface area contributed by atoms with E-state index in [9.17, 15) is 9.18 Å². The van der Waals surface area contributed by atoms with Crippen LogP contribution in [0.4, 0.5) is 4.39 Å². The molecule has 0 saturated carbocycles. The van der Waals surface area contributed by atoms with Gasteiger partial charge in [-0.15, -0.1) is 0 Å². The third-order valence-corrected chi connectivity index (χ3v) is 3.18. The fraction of sp³-hybridized carbons (Fsp3) is 0.533. The molecule has 19 heavy (non-hydrogen) atoms. The lowest BCUT2D eigenvalue weighted by Gasteiger charge is -2.31. The third kappa shape index (κ3) is 4.99. The molecule has 1 saturated heterocycles. The first-order valence-electron chi connectivity index (χ1n) is 6.62. The van der Waals surface area contributed by atoms with Gasteiger partial charge in [0.2, 0.25) is 0 Å². The van der Waals surface area contributed by atoms with Crippen LogP contribution < -0.4 is 5.32 Å². The van der Waals surface area contributed by atoms with Crippen LogP contribution in [-0.2, 0) is 9.53 Å². The molecule has 0 radical (unpaired) electrons. The van der Waals surface area contributed by atoms with Crippen LogP contribution in [0.2, 0.25) is 0 Å². The van der Waals surface area contributed by atoms with Crippen molar-refractivity contribution in [1.82, 2.24) is 5.32 Å². The number of carbonyl (C=O) groups excluding carboxylic acids is 1. The highest BCUT2D eigenvalue weighted by Crippen LogP contribution is 2.27. The Kier molecular flexibility index (Phi) is 6.50. The zero-order valence-electron chi connectivity index (χ0n) is 11.6. The van der Waals surface area contributed by atoms with Gasteiger partial charge in [-0.2, -0.15) is 0 Å². The first-order chi connectivity index (χ1) is 9.06. The molecule has 0 unspecified atom stereocenters. The van der Waals surface area contributed by atoms with Crippen molar-refractivity contribution in [2.45, 2.75) is 20.3 Å². The van der Waals surface area contributed by atoms with Crippen molar-refractivity contribution in [1.29, 1.82) is 0 Å². The summed E-state index contributed by atoms with van der Waals surface area (Å²) in [6.07, 6.45) is 5.61. The second-order valence-electron chi connectivity index (χ2n) is 4.65. The number of rotatable bonds is 5. The SMILES string of the molecule is C=C(/C=C\C=C(/C)F)[C@@H]1CCNC[C@@H]1C(=O)OCC. The summed E-state index contributed by atoms with van der Waals surface area (Å²) in [5, 5.41) is 3.20. The minimum atomic E-state index is -0.253. The van der Waals surface area contributed by atoms with E-state index in [0.717, 1.165) is 18.5 Å². The smallest absolute Gasteiger partial charge is 0.310 e. The van der Waals surface area contributed by atoms with Crippen molar-refractivity contribution in [2.24, 2.45) is 11.8 Å². The van der Waals surface area contributed by atoms with Crippen molar-refractivity contribution in [2.75, 3.05) is 19.7 Å². The number of nitrogens with one attached hydrogen (secondary N) is 1. The molecule has 0 aromatic heterocycles. The molecule has 2 atom stereocenters. The second kappa shape index (κ2) is 7.89. The van der Waals surface area contributed by atoms with E-state index in [1.54, 1.807) is 19.1 Å². The van der Waals surface area contributed by atoms with Gasteiger partial charge in [0.1, 0.15) is 0 Å². The number of esters is 1. The largest absolute Gasteiger partial charge is 0.466 e. The average molecular weight is 267 g/mol. The maximum absolute atomic E-state index is 12.6. The van der Waals surface area contributed by atoms with Gasteiger partial charge in [0, 0.05) is 6.54 Å². The van der Waals surface area contributed by atoms with Crippen LogP contribution >= 0.6 is 0 Å². The fourth-order valence-electron chi connectivity index (χ4n) is 2.23. The topological polar surface area (TPSA) is 38.3 Å². The summed E-state index contributed by atoms with van der Waals surface area (Å²) in [6.45, 7) is 9.02. The van der Waals surface area contributed by atoms with Gasteiger partial charge >= 0.3 is 5.97 Å². The van der Waals surface area contributed by atoms with E-state index in [0.29, 0.717) is 13.2 Å². The summed E-state index contributed by atoms with van der Waals surface area (Å²) in [5.41, 5.74) is 0.844. The Balaban J connectivity index is 2.71. The lowest BCUT2D eigenvalue weighted by Crippen LogP contribution is -2.42. The van der Waals surface area contributed by atoms with Crippen LogP contribution in [0.15, 0.2) is 36.2 Å². The standard InChI is InChI=1S/C15H22FNO2/c1-4-19-15(18)14-10-17-9-8-13(14)11(2)6-5-7-12(3)16/h5-7,13-14,17H,2,4,8-10H2,1,3H3/b6-5-,12-7+/t13-,14-/m0/s1. The first-order valence-corrected chi connectivity index (χ1v) is 6.62. The summed E-state index contributed by atoms with van der Waals surface area (Å²) in [4.78, 5) is 11.9. The number of hydrogen-bond donors (Lipinski definition) is 1. The molecule has 1 rings (SSSR count). The summed E-state index contributed by atoms with van der Waals surface area (Å²) in [7, 11) is 0. The number of piperidine rings is 1. The summed E-state index contributed by atoms with van der Waals surface area (Å²) in [5.74, 6) is -0.589. The Bertz CT molecular complexity index is 384. The van der Waals surface area contributed by atoms with Gasteiger partial charge in [0.05, 0.1) is 18.4 Å². The van der Waals surface area contributed by atoms with Crippen LogP contribution in [0.5, 0.6) is 0 Å². The molecule has 0 spiro atoms. The first kappa shape index (κ1) is 15.6. The van der Waals surface area contributed by atoms with Gasteiger partial charge < -0.3 is 10.1 Å². The van der Waals surface area contributed by atoms with E-state index in [1.807, 2.05) is 0 Å². The molecule has 0 aromatic rings. The normalized spacial score (nSPS) is 24.5. The van der Waals surface area contributed by atoms with E-state index in [-0.39, 0.29) is 23.6 Å². The molecule has 4 heteroatoms. The van der Waals surface area contributed by atoms with Gasteiger partial charge in [0.25, 0.3) is 0 Å². The highest BCUT2D eigenvalue weighted by Gasteiger charge is 2.32. The van der Waals surface area contributed by atoms with Crippen LogP contribution in [0.3, 0.4) is 0 Å². The predicted octanol–water partition coefficient (Wildman–Crippen LogP) is 2.76. The number of hydrogen-bond acceptors (Lipinski definition) is 3. The van der Waals surface area contributed by atoms with Gasteiger partial charge in [0.15, 0.2) is 0 Å². The summed E-state index contributed by atoms with van der Waals surface area (Å²) >= 11 is 0. The van der Waals surface area contributed by atoms with Crippen molar-refractivity contribution in [3.8, 4) is 0 Å². The molecule has 1 N–H and O–H groups in total. The molecule has 0 bridgehead atoms. The van der Waals surface area contributed by atoms with Crippen molar-refractivity contribution in [3.63, 3.8) is 0 Å². The molecular weight excluding hydrogens is 245 g/mol. The Morgan fingerprint density at radius 3 is 2.89 bits per heavy atom. The molecule has 0 amide bonds. The van der Waals surface area contributed by atoms with E-state index in [1.165, 1.54) is 13.0 Å². The molecule has 1 fully saturated rings. The zero-order chi connectivity index (χ0) is 14.3. The van der Waals surface area contributed by atoms with Gasteiger partial charge in [-0.05, 0) is 38.8 Å². The minimum absolute atomic E-state index is 0.0601. The maximum atomic E-state index is 12.6. The van der Waals surface area contributed by atoms with Crippen LogP contribution in [0.25, 0.3) is 0 Å². The lowest BCUT2D eigenvalue weighted by molar-refractivity contribution is -0.149. The second-order valence-corrected chi connectivity index (χ2v) is 4.65. The molecule has 0 aromatic carbocycles. The van der Waals surface area contributed by atoms with Gasteiger partial charge in [-0.25, -0.2) is 4.39 Å². The summed E-state index contributed by atoms with van der Waals surface area (Å²) < 4.78 is 17.7. The highest BCUT2D eigenvalue weighted by molar-refractivity contribution is 5.74. The molecule has 1 aliphatic heterocycles. The Morgan fingerprint density at radius 1 is 1.53 bits per heavy atom. The van der Waals surface area contributed by atoms with E-state index >= 15 is 0 Å². The quantitative estimate of drug-likeness (QED) is 0.615. The Morgan fingerprint density at radius 2 is 2.26 bits per heavy atom. The zero-order valence-corrected chi connectivity index (χ0v) is 11.6. The molecule has 106 valence electrons. The maximum Gasteiger partial charge on any atom is 0.310 e. The molecule has 0 aliphatic carbocycles. The lowest BCUT2D eigenvalue weighted by atomic mass is 9.81. The third-order valence-electron chi connectivity index (χ3n) is 3.18. The Hall–Kier alpha value is -1.42. The van der Waals surface area contributed by atoms with Gasteiger partial charge in [-0.3, -0.25) is 4.79 Å². The molecule has 1 aliphatic rings. The van der Waals surface area contributed by atoms with Crippen LogP contribution in [0, 0.1) is 11.8 Å². The van der Waals surface area contributed by atoms with Crippen LogP contribution in [-0.4, -0.2) is 25.7 Å². The average Bonchev–Trinajstić information content (AvgIpc) is 2.38. The summed E-state index contributed by atoms with van der Waals surface area (Å²) in [6, 6.07) is 0. The monoisotopic (exact) mass is 267 g/mol. The van der Waals surface area contributed by atoms with Crippen LogP contribution in [0.1, 0.15) is 20.3 Å². The molecule has 3 nitrogen and oxygen atoms in total. The van der Waals surface area contributed by atoms with Crippen molar-refractivity contribution >= 4 is 5.97 Å².